The van der Waals surface area contributed by atoms with Crippen molar-refractivity contribution in [1.82, 2.24) is 19.8 Å². The Balaban J connectivity index is 0.000000194. The Hall–Kier alpha value is -3.04. The molecule has 3 aliphatic heterocycles. The van der Waals surface area contributed by atoms with Crippen molar-refractivity contribution in [3.63, 3.8) is 0 Å². The van der Waals surface area contributed by atoms with Crippen LogP contribution < -0.4 is 25.5 Å². The van der Waals surface area contributed by atoms with Gasteiger partial charge in [0.05, 0.1) is 0 Å². The van der Waals surface area contributed by atoms with E-state index in [1.165, 1.54) is 20.8 Å². The van der Waals surface area contributed by atoms with E-state index in [9.17, 15) is 34.8 Å². The summed E-state index contributed by atoms with van der Waals surface area (Å²) in [6, 6.07) is 15.8. The van der Waals surface area contributed by atoms with E-state index >= 15 is 0 Å². The van der Waals surface area contributed by atoms with Gasteiger partial charge in [-0.05, 0) is 0 Å². The van der Waals surface area contributed by atoms with Crippen molar-refractivity contribution in [3.8, 4) is 0 Å². The molecular weight excluding hydrogens is 802 g/mol. The Bertz CT molecular complexity index is 1800. The molecule has 1 amide bonds. The molecule has 0 spiro atoms. The summed E-state index contributed by atoms with van der Waals surface area (Å²) in [5.41, 5.74) is 1.35. The first-order valence-electron chi connectivity index (χ1n) is 15.8. The Labute approximate surface area is 305 Å². The first-order chi connectivity index (χ1) is 23.9. The van der Waals surface area contributed by atoms with Gasteiger partial charge in [-0.1, -0.05) is 0 Å². The molecule has 3 aliphatic rings. The Morgan fingerprint density at radius 2 is 1.44 bits per heavy atom. The van der Waals surface area contributed by atoms with Crippen LogP contribution in [0.25, 0.3) is 0 Å². The van der Waals surface area contributed by atoms with Crippen molar-refractivity contribution in [3.05, 3.63) is 116 Å². The number of hydrogen-bond acceptors (Lipinski definition) is 10. The number of H-pyrrole nitrogens is 1. The zero-order valence-electron chi connectivity index (χ0n) is 27.1. The molecule has 0 radical (unpaired) electrons. The molecule has 6 atom stereocenters. The molecule has 1 aromatic heterocycles. The summed E-state index contributed by atoms with van der Waals surface area (Å²) in [6.45, 7) is 5.30. The summed E-state index contributed by atoms with van der Waals surface area (Å²) < 4.78 is 14.8. The third-order valence-corrected chi connectivity index (χ3v) is 12.9. The second-order valence-electron chi connectivity index (χ2n) is 11.9. The van der Waals surface area contributed by atoms with Gasteiger partial charge in [-0.15, -0.1) is 0 Å². The van der Waals surface area contributed by atoms with Crippen LogP contribution in [0.5, 0.6) is 0 Å². The Kier molecular flexibility index (Phi) is 13.3. The second kappa shape index (κ2) is 17.5. The van der Waals surface area contributed by atoms with Crippen molar-refractivity contribution in [2.75, 3.05) is 13.2 Å². The quantitative estimate of drug-likeness (QED) is 0.144. The molecule has 50 heavy (non-hydrogen) atoms. The zero-order chi connectivity index (χ0) is 35.9. The molecule has 2 aromatic carbocycles. The fourth-order valence-electron chi connectivity index (χ4n) is 5.37. The molecule has 16 heteroatoms. The number of ether oxygens (including phenoxy) is 2. The number of aliphatic hydroxyl groups excluding tert-OH is 4. The van der Waals surface area contributed by atoms with Crippen LogP contribution in [-0.2, 0) is 19.6 Å². The van der Waals surface area contributed by atoms with E-state index in [0.29, 0.717) is 39.0 Å². The van der Waals surface area contributed by atoms with Gasteiger partial charge in [0.15, 0.2) is 0 Å². The van der Waals surface area contributed by atoms with Crippen molar-refractivity contribution in [2.24, 2.45) is 0 Å². The van der Waals surface area contributed by atoms with Gasteiger partial charge in [0.1, 0.15) is 0 Å². The maximum atomic E-state index is 12.2. The number of nitrogens with one attached hydrogen (secondary N) is 2. The standard InChI is InChI=1S/C17H19ClN2O4Se.C17H20N2O5Se/c1-10-19-17(23)11(9-25-13-4-2-12(18)3-5-13)7-20(10)16-6-14(22)15(8-21)24-16;1-10-2-4-12(5-3-10)25-9-11-7-19(17(23)18-16(11)22)15-6-13(21)14(8-20)24-15/h2-5,7,14-16,21-22H,1,6,8-9H2,(H,19,23);2-5,7,13-15,20-21H,6,8-9H2,1H3,(H,18,22,23)/t14?,15-,16-;13?,14-,15-/m11/s1. The Morgan fingerprint density at radius 1 is 0.880 bits per heavy atom. The van der Waals surface area contributed by atoms with Crippen molar-refractivity contribution >= 4 is 56.3 Å². The normalized spacial score (nSPS) is 24.8. The number of aliphatic hydroxyl groups is 4. The number of amides is 1. The number of halogens is 1. The van der Waals surface area contributed by atoms with Gasteiger partial charge in [-0.2, -0.15) is 0 Å². The summed E-state index contributed by atoms with van der Waals surface area (Å²) in [5.74, 6) is 0.234. The number of aromatic amines is 1. The molecule has 3 aromatic rings. The summed E-state index contributed by atoms with van der Waals surface area (Å²) in [7, 11) is 0. The predicted molar refractivity (Wildman–Crippen MR) is 188 cm³/mol. The summed E-state index contributed by atoms with van der Waals surface area (Å²) in [6.07, 6.45) is -0.296. The first kappa shape index (κ1) is 38.2. The molecule has 2 saturated heterocycles. The average Bonchev–Trinajstić information content (AvgIpc) is 3.66. The molecule has 0 saturated carbocycles. The summed E-state index contributed by atoms with van der Waals surface area (Å²) >= 11 is 6.04. The number of aromatic nitrogens is 2. The van der Waals surface area contributed by atoms with Gasteiger partial charge < -0.3 is 0 Å². The predicted octanol–water partition coefficient (Wildman–Crippen LogP) is -0.642. The van der Waals surface area contributed by atoms with Crippen LogP contribution in [-0.4, -0.2) is 115 Å². The van der Waals surface area contributed by atoms with E-state index < -0.39 is 48.1 Å². The molecule has 0 aliphatic carbocycles. The van der Waals surface area contributed by atoms with Gasteiger partial charge in [0.2, 0.25) is 0 Å². The maximum absolute atomic E-state index is 12.2. The fourth-order valence-corrected chi connectivity index (χ4v) is 9.09. The molecule has 13 nitrogen and oxygen atoms in total. The van der Waals surface area contributed by atoms with E-state index in [0.717, 1.165) is 4.46 Å². The SMILES string of the molecule is C=C1NC(=O)C(C[Se]c2ccc(Cl)cc2)=CN1[C@H]1CC(O)[C@@H](CO)O1.Cc1ccc([Se]Cc2cn([C@H]3CC(O)[C@@H](CO)O3)c(=O)[nH]c2=O)cc1. The zero-order valence-corrected chi connectivity index (χ0v) is 31.3. The molecule has 268 valence electrons. The molecule has 6 rings (SSSR count). The van der Waals surface area contributed by atoms with Crippen molar-refractivity contribution in [1.29, 1.82) is 0 Å². The van der Waals surface area contributed by atoms with Gasteiger partial charge in [0.25, 0.3) is 0 Å². The van der Waals surface area contributed by atoms with Crippen LogP contribution in [0.1, 0.15) is 30.2 Å². The van der Waals surface area contributed by atoms with E-state index in [1.807, 2.05) is 55.5 Å². The number of aryl methyl sites for hydroxylation is 1. The molecule has 4 heterocycles. The van der Waals surface area contributed by atoms with Crippen LogP contribution in [0.3, 0.4) is 0 Å². The van der Waals surface area contributed by atoms with Crippen LogP contribution >= 0.6 is 11.6 Å². The minimum absolute atomic E-state index is 0.0621. The molecule has 2 fully saturated rings. The molecular formula is C34H39ClN4O9Se2. The van der Waals surface area contributed by atoms with Crippen LogP contribution in [0, 0.1) is 6.92 Å². The number of rotatable bonds is 10. The van der Waals surface area contributed by atoms with Gasteiger partial charge >= 0.3 is 307 Å². The Morgan fingerprint density at radius 3 is 2.04 bits per heavy atom. The monoisotopic (exact) mass is 842 g/mol. The number of benzene rings is 2. The number of nitrogens with zero attached hydrogens (tertiary/aromatic N) is 2. The van der Waals surface area contributed by atoms with E-state index in [-0.39, 0.29) is 55.5 Å². The minimum atomic E-state index is -0.839. The third kappa shape index (κ3) is 9.63. The molecule has 2 unspecified atom stereocenters. The fraction of sp³-hybridized carbons (Fsp3) is 0.382. The van der Waals surface area contributed by atoms with Gasteiger partial charge in [-0.3, -0.25) is 0 Å². The second-order valence-corrected chi connectivity index (χ2v) is 16.7. The van der Waals surface area contributed by atoms with E-state index in [1.54, 1.807) is 11.1 Å². The topological polar surface area (TPSA) is 187 Å². The summed E-state index contributed by atoms with van der Waals surface area (Å²) in [5, 5.41) is 42.7. The number of carbonyl (C=O) groups excluding carboxylic acids is 1. The van der Waals surface area contributed by atoms with Gasteiger partial charge in [0, 0.05) is 0 Å². The van der Waals surface area contributed by atoms with Crippen molar-refractivity contribution < 1.29 is 34.7 Å². The number of hydrogen-bond donors (Lipinski definition) is 6. The van der Waals surface area contributed by atoms with E-state index in [4.69, 9.17) is 21.1 Å². The molecule has 6 N–H and O–H groups in total. The first-order valence-corrected chi connectivity index (χ1v) is 20.3. The van der Waals surface area contributed by atoms with Crippen LogP contribution in [0.2, 0.25) is 10.3 Å². The summed E-state index contributed by atoms with van der Waals surface area (Å²) in [4.78, 5) is 40.4. The van der Waals surface area contributed by atoms with Gasteiger partial charge in [-0.25, -0.2) is 0 Å². The third-order valence-electron chi connectivity index (χ3n) is 8.21. The van der Waals surface area contributed by atoms with E-state index in [2.05, 4.69) is 16.9 Å². The van der Waals surface area contributed by atoms with Crippen LogP contribution in [0.15, 0.2) is 88.5 Å². The average molecular weight is 841 g/mol. The van der Waals surface area contributed by atoms with Crippen LogP contribution in [0.4, 0.5) is 0 Å². The van der Waals surface area contributed by atoms with Crippen molar-refractivity contribution in [2.45, 2.75) is 67.3 Å². The molecule has 0 bridgehead atoms. The number of carbonyl (C=O) groups is 1.